The summed E-state index contributed by atoms with van der Waals surface area (Å²) >= 11 is 1.47. The molecule has 244 valence electrons. The molecule has 1 saturated carbocycles. The third-order valence-corrected chi connectivity index (χ3v) is 9.58. The molecular weight excluding hydrogens is 617 g/mol. The van der Waals surface area contributed by atoms with E-state index < -0.39 is 47.3 Å². The van der Waals surface area contributed by atoms with Gasteiger partial charge in [-0.1, -0.05) is 31.1 Å². The molecule has 4 heterocycles. The van der Waals surface area contributed by atoms with E-state index in [9.17, 15) is 19.2 Å². The minimum absolute atomic E-state index is 0.0640. The number of methoxy groups -OCH3 is 1. The number of ether oxygens (including phenoxy) is 2. The molecule has 3 aromatic rings. The first-order chi connectivity index (χ1) is 22.7. The van der Waals surface area contributed by atoms with Crippen LogP contribution in [0.15, 0.2) is 67.2 Å². The molecule has 5 rings (SSSR count). The first kappa shape index (κ1) is 33.8. The Bertz CT molecular complexity index is 1650. The predicted octanol–water partition coefficient (Wildman–Crippen LogP) is 4.32. The van der Waals surface area contributed by atoms with Crippen LogP contribution in [-0.4, -0.2) is 83.7 Å². The van der Waals surface area contributed by atoms with E-state index in [4.69, 9.17) is 22.3 Å². The van der Waals surface area contributed by atoms with Crippen LogP contribution in [0.25, 0.3) is 21.6 Å². The molecule has 13 heteroatoms. The van der Waals surface area contributed by atoms with E-state index in [2.05, 4.69) is 28.8 Å². The molecule has 3 aromatic heterocycles. The van der Waals surface area contributed by atoms with Crippen molar-refractivity contribution in [2.75, 3.05) is 13.7 Å². The number of aromatic nitrogens is 2. The lowest BCUT2D eigenvalue weighted by Gasteiger charge is -2.29. The summed E-state index contributed by atoms with van der Waals surface area (Å²) in [6.45, 7) is 7.58. The summed E-state index contributed by atoms with van der Waals surface area (Å²) in [5.41, 5.74) is 0.787. The monoisotopic (exact) mass is 655 g/mol. The van der Waals surface area contributed by atoms with E-state index in [0.29, 0.717) is 36.4 Å². The van der Waals surface area contributed by atoms with Crippen LogP contribution in [-0.2, 0) is 19.1 Å². The second-order valence-electron chi connectivity index (χ2n) is 11.8. The third kappa shape index (κ3) is 7.56. The van der Waals surface area contributed by atoms with Crippen LogP contribution in [0.3, 0.4) is 0 Å². The number of thiophene rings is 1. The molecule has 0 bridgehead atoms. The number of amides is 3. The van der Waals surface area contributed by atoms with Crippen LogP contribution in [0, 0.1) is 5.92 Å². The summed E-state index contributed by atoms with van der Waals surface area (Å²) in [6.07, 6.45) is 8.59. The van der Waals surface area contributed by atoms with Crippen LogP contribution in [0.4, 0.5) is 4.79 Å². The molecule has 1 aliphatic heterocycles. The largest absolute Gasteiger partial charge is 0.487 e. The Kier molecular flexibility index (Phi) is 10.7. The Hall–Kier alpha value is -4.52. The van der Waals surface area contributed by atoms with Crippen LogP contribution < -0.4 is 15.4 Å². The van der Waals surface area contributed by atoms with Gasteiger partial charge in [-0.05, 0) is 49.3 Å². The zero-order valence-corrected chi connectivity index (χ0v) is 27.2. The van der Waals surface area contributed by atoms with Crippen molar-refractivity contribution < 1.29 is 28.7 Å². The van der Waals surface area contributed by atoms with E-state index in [1.54, 1.807) is 12.3 Å². The number of unbranched alkanes of at least 4 members (excludes halogenated alkanes) is 3. The predicted molar refractivity (Wildman–Crippen MR) is 180 cm³/mol. The number of hydrogen-bond acceptors (Lipinski definition) is 9. The first-order valence-electron chi connectivity index (χ1n) is 15.7. The fourth-order valence-electron chi connectivity index (χ4n) is 6.14. The van der Waals surface area contributed by atoms with Gasteiger partial charge in [-0.25, -0.2) is 9.78 Å². The third-order valence-electron chi connectivity index (χ3n) is 8.66. The number of nitrogens with zero attached hydrogens (tertiary/aromatic N) is 3. The maximum atomic E-state index is 14.1. The van der Waals surface area contributed by atoms with Crippen LogP contribution >= 0.6 is 11.3 Å². The van der Waals surface area contributed by atoms with Gasteiger partial charge in [0, 0.05) is 24.6 Å². The van der Waals surface area contributed by atoms with Gasteiger partial charge in [0.2, 0.25) is 19.7 Å². The molecular formula is C34H38BN5O6S. The number of nitrogens with one attached hydrogen (secondary N) is 2. The van der Waals surface area contributed by atoms with Crippen LogP contribution in [0.1, 0.15) is 44.9 Å². The van der Waals surface area contributed by atoms with Gasteiger partial charge in [0.05, 0.1) is 35.3 Å². The van der Waals surface area contributed by atoms with Gasteiger partial charge in [-0.3, -0.25) is 19.4 Å². The normalized spacial score (nSPS) is 22.2. The number of esters is 1. The molecule has 11 nitrogen and oxygen atoms in total. The first-order valence-corrected chi connectivity index (χ1v) is 16.5. The highest BCUT2D eigenvalue weighted by molar-refractivity contribution is 7.17. The van der Waals surface area contributed by atoms with Gasteiger partial charge in [-0.2, -0.15) is 0 Å². The lowest BCUT2D eigenvalue weighted by atomic mass is 10.0. The molecule has 2 aliphatic rings. The highest BCUT2D eigenvalue weighted by Gasteiger charge is 2.62. The molecule has 1 saturated heterocycles. The SMILES string of the molecule is [B]C(=O)N[C@@H](CCCCCC=C)C(=O)N1C[C@H](Oc2cc(-c3ccccn3)nc3ccsc23)C[C@H]1C(=O)N[C@]1(C(=O)OC)C[C@H]1C=C. The minimum Gasteiger partial charge on any atom is -0.487 e. The average molecular weight is 656 g/mol. The zero-order chi connectivity index (χ0) is 33.6. The van der Waals surface area contributed by atoms with Crippen molar-refractivity contribution in [2.24, 2.45) is 5.92 Å². The molecule has 2 N–H and O–H groups in total. The highest BCUT2D eigenvalue weighted by atomic mass is 32.1. The number of carbonyl (C=O) groups excluding carboxylic acids is 4. The molecule has 0 spiro atoms. The van der Waals surface area contributed by atoms with Crippen molar-refractivity contribution in [1.29, 1.82) is 0 Å². The molecule has 0 unspecified atom stereocenters. The van der Waals surface area contributed by atoms with Crippen molar-refractivity contribution in [2.45, 2.75) is 68.7 Å². The van der Waals surface area contributed by atoms with Crippen molar-refractivity contribution in [3.05, 3.63) is 67.2 Å². The summed E-state index contributed by atoms with van der Waals surface area (Å²) in [5.74, 6) is -2.13. The number of hydrogen-bond donors (Lipinski definition) is 2. The Morgan fingerprint density at radius 3 is 2.70 bits per heavy atom. The second kappa shape index (κ2) is 14.9. The van der Waals surface area contributed by atoms with Crippen molar-refractivity contribution in [3.8, 4) is 17.1 Å². The fourth-order valence-corrected chi connectivity index (χ4v) is 6.94. The van der Waals surface area contributed by atoms with E-state index in [-0.39, 0.29) is 18.9 Å². The number of pyridine rings is 2. The topological polar surface area (TPSA) is 140 Å². The van der Waals surface area contributed by atoms with Gasteiger partial charge >= 0.3 is 5.97 Å². The number of allylic oxidation sites excluding steroid dienone is 1. The molecule has 5 atom stereocenters. The second-order valence-corrected chi connectivity index (χ2v) is 12.7. The van der Waals surface area contributed by atoms with Gasteiger partial charge in [0.1, 0.15) is 29.5 Å². The fraction of sp³-hybridized carbons (Fsp3) is 0.412. The number of likely N-dealkylation sites (tertiary alicyclic amines) is 1. The molecule has 2 fully saturated rings. The van der Waals surface area contributed by atoms with Crippen molar-refractivity contribution >= 4 is 53.0 Å². The summed E-state index contributed by atoms with van der Waals surface area (Å²) in [6, 6.07) is 7.33. The van der Waals surface area contributed by atoms with Crippen molar-refractivity contribution in [3.63, 3.8) is 0 Å². The average Bonchev–Trinajstić information content (AvgIpc) is 3.35. The van der Waals surface area contributed by atoms with E-state index in [1.807, 2.05) is 41.8 Å². The molecule has 1 aliphatic carbocycles. The van der Waals surface area contributed by atoms with Gasteiger partial charge in [0.15, 0.2) is 5.81 Å². The molecule has 3 amide bonds. The summed E-state index contributed by atoms with van der Waals surface area (Å²) in [4.78, 5) is 63.3. The Balaban J connectivity index is 1.42. The number of carbonyl (C=O) groups is 4. The van der Waals surface area contributed by atoms with E-state index in [1.165, 1.54) is 23.3 Å². The zero-order valence-electron chi connectivity index (χ0n) is 26.4. The van der Waals surface area contributed by atoms with Gasteiger partial charge in [0.25, 0.3) is 0 Å². The van der Waals surface area contributed by atoms with Crippen molar-refractivity contribution in [1.82, 2.24) is 25.5 Å². The Morgan fingerprint density at radius 1 is 1.19 bits per heavy atom. The number of fused-ring (bicyclic) bond motifs is 1. The standard InChI is InChI=1S/C34H38BN5O6S/c1-4-6-7-8-9-13-25(38-33(35)44)31(42)40-20-22(17-27(40)30(41)39-34(32(43)45-3)19-21(34)5-2)46-28-18-26(23-12-10-11-15-36-23)37-24-14-16-47-29(24)28/h4-5,10-12,14-16,18,21-22,25,27H,1-2,6-9,13,17,19-20H2,3H3,(H,38,44)(H,39,41)/t21-,22-,25+,27+,34-/m1/s1. The summed E-state index contributed by atoms with van der Waals surface area (Å²) in [7, 11) is 6.73. The molecule has 47 heavy (non-hydrogen) atoms. The smallest absolute Gasteiger partial charge is 0.332 e. The Morgan fingerprint density at radius 2 is 2.02 bits per heavy atom. The number of rotatable bonds is 15. The minimum atomic E-state index is -1.25. The van der Waals surface area contributed by atoms with Gasteiger partial charge in [-0.15, -0.1) is 24.5 Å². The maximum Gasteiger partial charge on any atom is 0.332 e. The lowest BCUT2D eigenvalue weighted by molar-refractivity contribution is -0.148. The van der Waals surface area contributed by atoms with Gasteiger partial charge < -0.3 is 25.0 Å². The molecule has 2 radical (unpaired) electrons. The summed E-state index contributed by atoms with van der Waals surface area (Å²) < 4.78 is 12.4. The highest BCUT2D eigenvalue weighted by Crippen LogP contribution is 2.45. The quantitative estimate of drug-likeness (QED) is 0.107. The summed E-state index contributed by atoms with van der Waals surface area (Å²) in [5, 5.41) is 7.35. The maximum absolute atomic E-state index is 14.1. The molecule has 0 aromatic carbocycles. The van der Waals surface area contributed by atoms with Crippen LogP contribution in [0.5, 0.6) is 5.75 Å². The lowest BCUT2D eigenvalue weighted by Crippen LogP contribution is -2.56. The van der Waals surface area contributed by atoms with E-state index in [0.717, 1.165) is 29.5 Å². The van der Waals surface area contributed by atoms with E-state index >= 15 is 0 Å². The Labute approximate surface area is 279 Å². The van der Waals surface area contributed by atoms with Crippen LogP contribution in [0.2, 0.25) is 0 Å².